The van der Waals surface area contributed by atoms with Crippen molar-refractivity contribution in [3.8, 4) is 0 Å². The lowest BCUT2D eigenvalue weighted by Gasteiger charge is -2.18. The highest BCUT2D eigenvalue weighted by Gasteiger charge is 2.11. The van der Waals surface area contributed by atoms with Crippen molar-refractivity contribution in [3.63, 3.8) is 0 Å². The maximum absolute atomic E-state index is 2.36. The zero-order valence-corrected chi connectivity index (χ0v) is 8.53. The highest BCUT2D eigenvalue weighted by atomic mass is 32.2. The van der Waals surface area contributed by atoms with Gasteiger partial charge in [-0.15, -0.1) is 0 Å². The second kappa shape index (κ2) is 3.48. The van der Waals surface area contributed by atoms with E-state index in [-0.39, 0.29) is 0 Å². The van der Waals surface area contributed by atoms with Crippen molar-refractivity contribution in [2.45, 2.75) is 27.7 Å². The molecule has 0 saturated carbocycles. The Morgan fingerprint density at radius 1 is 1.36 bits per heavy atom. The molecule has 0 radical (unpaired) electrons. The molecular weight excluding hydrogens is 152 g/mol. The summed E-state index contributed by atoms with van der Waals surface area (Å²) in [6.07, 6.45) is 4.68. The molecule has 1 aliphatic heterocycles. The van der Waals surface area contributed by atoms with Crippen LogP contribution in [0.15, 0.2) is 22.0 Å². The van der Waals surface area contributed by atoms with E-state index in [1.54, 1.807) is 0 Å². The number of rotatable bonds is 1. The molecule has 0 nitrogen and oxygen atoms in total. The van der Waals surface area contributed by atoms with Gasteiger partial charge >= 0.3 is 0 Å². The Labute approximate surface area is 73.8 Å². The highest BCUT2D eigenvalue weighted by molar-refractivity contribution is 8.06. The molecule has 11 heavy (non-hydrogen) atoms. The SMILES string of the molecule is CC1=CC(C)C=C(C(C)C)S1. The first-order chi connectivity index (χ1) is 5.09. The summed E-state index contributed by atoms with van der Waals surface area (Å²) < 4.78 is 0. The van der Waals surface area contributed by atoms with Crippen LogP contribution in [0.5, 0.6) is 0 Å². The molecule has 1 aliphatic rings. The lowest BCUT2D eigenvalue weighted by Crippen LogP contribution is -1.98. The minimum atomic E-state index is 0.633. The van der Waals surface area contributed by atoms with Gasteiger partial charge in [-0.25, -0.2) is 0 Å². The summed E-state index contributed by atoms with van der Waals surface area (Å²) in [6, 6.07) is 0. The van der Waals surface area contributed by atoms with Gasteiger partial charge in [-0.3, -0.25) is 0 Å². The molecule has 0 aromatic carbocycles. The van der Waals surface area contributed by atoms with E-state index < -0.39 is 0 Å². The van der Waals surface area contributed by atoms with Gasteiger partial charge in [-0.1, -0.05) is 44.7 Å². The third-order valence-electron chi connectivity index (χ3n) is 1.77. The summed E-state index contributed by atoms with van der Waals surface area (Å²) in [6.45, 7) is 8.94. The van der Waals surface area contributed by atoms with E-state index >= 15 is 0 Å². The Morgan fingerprint density at radius 3 is 2.45 bits per heavy atom. The molecule has 0 aromatic heterocycles. The van der Waals surface area contributed by atoms with Gasteiger partial charge in [0.05, 0.1) is 0 Å². The second-order valence-corrected chi connectivity index (χ2v) is 4.78. The largest absolute Gasteiger partial charge is 0.0997 e. The van der Waals surface area contributed by atoms with Crippen LogP contribution >= 0.6 is 11.8 Å². The molecule has 0 aliphatic carbocycles. The average Bonchev–Trinajstić information content (AvgIpc) is 1.85. The van der Waals surface area contributed by atoms with E-state index in [4.69, 9.17) is 0 Å². The number of hydrogen-bond acceptors (Lipinski definition) is 1. The van der Waals surface area contributed by atoms with Gasteiger partial charge < -0.3 is 0 Å². The van der Waals surface area contributed by atoms with E-state index in [2.05, 4.69) is 39.8 Å². The van der Waals surface area contributed by atoms with Crippen molar-refractivity contribution in [1.82, 2.24) is 0 Å². The predicted octanol–water partition coefficient (Wildman–Crippen LogP) is 3.81. The Bertz CT molecular complexity index is 199. The topological polar surface area (TPSA) is 0 Å². The molecule has 0 saturated heterocycles. The van der Waals surface area contributed by atoms with Gasteiger partial charge in [0.2, 0.25) is 0 Å². The molecule has 0 bridgehead atoms. The fraction of sp³-hybridized carbons (Fsp3) is 0.600. The molecule has 1 heterocycles. The maximum Gasteiger partial charge on any atom is -0.00599 e. The van der Waals surface area contributed by atoms with E-state index in [9.17, 15) is 0 Å². The molecule has 0 fully saturated rings. The molecule has 1 unspecified atom stereocenters. The van der Waals surface area contributed by atoms with Crippen LogP contribution in [0.2, 0.25) is 0 Å². The van der Waals surface area contributed by atoms with Crippen molar-refractivity contribution in [3.05, 3.63) is 22.0 Å². The van der Waals surface area contributed by atoms with Crippen molar-refractivity contribution >= 4 is 11.8 Å². The van der Waals surface area contributed by atoms with Crippen LogP contribution in [0.3, 0.4) is 0 Å². The summed E-state index contributed by atoms with van der Waals surface area (Å²) in [7, 11) is 0. The Kier molecular flexibility index (Phi) is 2.83. The van der Waals surface area contributed by atoms with Crippen LogP contribution < -0.4 is 0 Å². The quantitative estimate of drug-likeness (QED) is 0.573. The fourth-order valence-electron chi connectivity index (χ4n) is 1.24. The Morgan fingerprint density at radius 2 is 2.00 bits per heavy atom. The molecule has 1 rings (SSSR count). The minimum Gasteiger partial charge on any atom is -0.0997 e. The lowest BCUT2D eigenvalue weighted by atomic mass is 10.1. The van der Waals surface area contributed by atoms with Crippen molar-refractivity contribution in [1.29, 1.82) is 0 Å². The lowest BCUT2D eigenvalue weighted by molar-refractivity contribution is 0.791. The van der Waals surface area contributed by atoms with Gasteiger partial charge in [-0.2, -0.15) is 0 Å². The van der Waals surface area contributed by atoms with E-state index in [0.29, 0.717) is 11.8 Å². The van der Waals surface area contributed by atoms with Crippen LogP contribution in [0.4, 0.5) is 0 Å². The molecule has 1 heteroatoms. The smallest absolute Gasteiger partial charge is 0.00599 e. The molecule has 0 spiro atoms. The third kappa shape index (κ3) is 2.41. The average molecular weight is 168 g/mol. The van der Waals surface area contributed by atoms with Gasteiger partial charge in [-0.05, 0) is 28.6 Å². The van der Waals surface area contributed by atoms with Crippen LogP contribution in [0.25, 0.3) is 0 Å². The van der Waals surface area contributed by atoms with Crippen molar-refractivity contribution < 1.29 is 0 Å². The van der Waals surface area contributed by atoms with Crippen LogP contribution in [-0.4, -0.2) is 0 Å². The molecular formula is C10H16S. The van der Waals surface area contributed by atoms with Crippen LogP contribution in [-0.2, 0) is 0 Å². The normalized spacial score (nSPS) is 25.0. The number of hydrogen-bond donors (Lipinski definition) is 0. The zero-order chi connectivity index (χ0) is 8.43. The van der Waals surface area contributed by atoms with Crippen molar-refractivity contribution in [2.75, 3.05) is 0 Å². The predicted molar refractivity (Wildman–Crippen MR) is 53.4 cm³/mol. The second-order valence-electron chi connectivity index (χ2n) is 3.46. The van der Waals surface area contributed by atoms with Gasteiger partial charge in [0.25, 0.3) is 0 Å². The standard InChI is InChI=1S/C10H16S/c1-7(2)10-6-8(3)5-9(4)11-10/h5-8H,1-4H3. The van der Waals surface area contributed by atoms with E-state index in [1.165, 1.54) is 9.81 Å². The first-order valence-corrected chi connectivity index (χ1v) is 4.99. The minimum absolute atomic E-state index is 0.633. The van der Waals surface area contributed by atoms with Crippen molar-refractivity contribution in [2.24, 2.45) is 11.8 Å². The summed E-state index contributed by atoms with van der Waals surface area (Å²) in [5.74, 6) is 1.32. The summed E-state index contributed by atoms with van der Waals surface area (Å²) in [5, 5.41) is 0. The van der Waals surface area contributed by atoms with Gasteiger partial charge in [0, 0.05) is 0 Å². The summed E-state index contributed by atoms with van der Waals surface area (Å²) >= 11 is 1.92. The van der Waals surface area contributed by atoms with Gasteiger partial charge in [0.1, 0.15) is 0 Å². The fourth-order valence-corrected chi connectivity index (χ4v) is 2.41. The Balaban J connectivity index is 2.71. The first kappa shape index (κ1) is 8.92. The van der Waals surface area contributed by atoms with Gasteiger partial charge in [0.15, 0.2) is 0 Å². The molecule has 0 aromatic rings. The monoisotopic (exact) mass is 168 g/mol. The van der Waals surface area contributed by atoms with E-state index in [1.807, 2.05) is 11.8 Å². The maximum atomic E-state index is 2.36. The number of allylic oxidation sites excluding steroid dienone is 4. The molecule has 0 amide bonds. The van der Waals surface area contributed by atoms with Crippen LogP contribution in [0, 0.1) is 11.8 Å². The summed E-state index contributed by atoms with van der Waals surface area (Å²) in [5.41, 5.74) is 0. The zero-order valence-electron chi connectivity index (χ0n) is 7.72. The molecule has 1 atom stereocenters. The third-order valence-corrected chi connectivity index (χ3v) is 3.07. The highest BCUT2D eigenvalue weighted by Crippen LogP contribution is 2.36. The van der Waals surface area contributed by atoms with Crippen LogP contribution in [0.1, 0.15) is 27.7 Å². The first-order valence-electron chi connectivity index (χ1n) is 4.17. The number of thioether (sulfide) groups is 1. The van der Waals surface area contributed by atoms with E-state index in [0.717, 1.165) is 0 Å². The summed E-state index contributed by atoms with van der Waals surface area (Å²) in [4.78, 5) is 2.97. The molecule has 62 valence electrons. The Hall–Kier alpha value is -0.170. The molecule has 0 N–H and O–H groups in total.